The number of aryl methyl sites for hydroxylation is 1. The van der Waals surface area contributed by atoms with E-state index < -0.39 is 0 Å². The Labute approximate surface area is 144 Å². The van der Waals surface area contributed by atoms with Crippen molar-refractivity contribution in [2.24, 2.45) is 7.05 Å². The molecule has 0 aliphatic carbocycles. The van der Waals surface area contributed by atoms with Crippen LogP contribution >= 0.6 is 0 Å². The fraction of sp³-hybridized carbons (Fsp3) is 0.474. The Morgan fingerprint density at radius 3 is 2.12 bits per heavy atom. The maximum atomic E-state index is 5.40. The Kier molecular flexibility index (Phi) is 5.43. The van der Waals surface area contributed by atoms with Crippen molar-refractivity contribution >= 4 is 0 Å². The number of hydrogen-bond donors (Lipinski definition) is 0. The van der Waals surface area contributed by atoms with Crippen molar-refractivity contribution in [3.63, 3.8) is 0 Å². The second kappa shape index (κ2) is 7.73. The van der Waals surface area contributed by atoms with Gasteiger partial charge in [-0.25, -0.2) is 0 Å². The molecule has 24 heavy (non-hydrogen) atoms. The van der Waals surface area contributed by atoms with Gasteiger partial charge in [-0.05, 0) is 29.8 Å². The van der Waals surface area contributed by atoms with E-state index in [1.165, 1.54) is 11.3 Å². The van der Waals surface area contributed by atoms with Gasteiger partial charge in [0, 0.05) is 58.2 Å². The molecule has 1 aromatic heterocycles. The highest BCUT2D eigenvalue weighted by molar-refractivity contribution is 5.42. The minimum atomic E-state index is 0.786. The largest absolute Gasteiger partial charge is 0.493 e. The first-order valence-corrected chi connectivity index (χ1v) is 8.45. The van der Waals surface area contributed by atoms with Gasteiger partial charge in [0.1, 0.15) is 0 Å². The molecule has 1 aliphatic rings. The van der Waals surface area contributed by atoms with Crippen molar-refractivity contribution in [3.8, 4) is 11.5 Å². The minimum Gasteiger partial charge on any atom is -0.493 e. The van der Waals surface area contributed by atoms with Gasteiger partial charge in [0.2, 0.25) is 0 Å². The molecular weight excluding hydrogens is 302 g/mol. The number of aromatic nitrogens is 1. The zero-order valence-electron chi connectivity index (χ0n) is 14.9. The fourth-order valence-corrected chi connectivity index (χ4v) is 3.23. The SMILES string of the molecule is COc1ccc(CN2CCN(Cc3cccn3C)CC2)cc1OC. The van der Waals surface area contributed by atoms with Crippen molar-refractivity contribution in [1.82, 2.24) is 14.4 Å². The molecule has 0 unspecified atom stereocenters. The van der Waals surface area contributed by atoms with Crippen LogP contribution in [0.3, 0.4) is 0 Å². The molecule has 5 heteroatoms. The molecule has 3 rings (SSSR count). The molecule has 1 saturated heterocycles. The lowest BCUT2D eigenvalue weighted by Crippen LogP contribution is -2.45. The first-order chi connectivity index (χ1) is 11.7. The number of methoxy groups -OCH3 is 2. The predicted molar refractivity (Wildman–Crippen MR) is 95.5 cm³/mol. The van der Waals surface area contributed by atoms with Crippen molar-refractivity contribution < 1.29 is 9.47 Å². The lowest BCUT2D eigenvalue weighted by Gasteiger charge is -2.34. The Hall–Kier alpha value is -1.98. The van der Waals surface area contributed by atoms with E-state index in [1.54, 1.807) is 14.2 Å². The standard InChI is InChI=1S/C19H27N3O2/c1-20-8-4-5-17(20)15-22-11-9-21(10-12-22)14-16-6-7-18(23-2)19(13-16)24-3/h4-8,13H,9-12,14-15H2,1-3H3. The van der Waals surface area contributed by atoms with Gasteiger partial charge in [-0.3, -0.25) is 9.80 Å². The minimum absolute atomic E-state index is 0.786. The van der Waals surface area contributed by atoms with Gasteiger partial charge in [-0.1, -0.05) is 6.07 Å². The molecule has 1 aliphatic heterocycles. The molecule has 130 valence electrons. The van der Waals surface area contributed by atoms with Gasteiger partial charge < -0.3 is 14.0 Å². The maximum Gasteiger partial charge on any atom is 0.161 e. The van der Waals surface area contributed by atoms with Crippen molar-refractivity contribution in [3.05, 3.63) is 47.8 Å². The van der Waals surface area contributed by atoms with Gasteiger partial charge in [0.05, 0.1) is 14.2 Å². The number of hydrogen-bond acceptors (Lipinski definition) is 4. The summed E-state index contributed by atoms with van der Waals surface area (Å²) in [5.74, 6) is 1.59. The third-order valence-corrected chi connectivity index (χ3v) is 4.76. The smallest absolute Gasteiger partial charge is 0.161 e. The molecule has 1 fully saturated rings. The van der Waals surface area contributed by atoms with E-state index in [0.29, 0.717) is 0 Å². The van der Waals surface area contributed by atoms with Gasteiger partial charge in [-0.15, -0.1) is 0 Å². The Bertz CT molecular complexity index is 660. The van der Waals surface area contributed by atoms with E-state index in [2.05, 4.69) is 51.9 Å². The zero-order chi connectivity index (χ0) is 16.9. The summed E-state index contributed by atoms with van der Waals surface area (Å²) in [6.45, 7) is 6.40. The number of piperazine rings is 1. The topological polar surface area (TPSA) is 29.9 Å². The molecule has 0 N–H and O–H groups in total. The van der Waals surface area contributed by atoms with E-state index in [0.717, 1.165) is 50.8 Å². The molecule has 0 bridgehead atoms. The molecule has 5 nitrogen and oxygen atoms in total. The van der Waals surface area contributed by atoms with E-state index in [4.69, 9.17) is 9.47 Å². The molecular formula is C19H27N3O2. The van der Waals surface area contributed by atoms with Crippen LogP contribution in [0.15, 0.2) is 36.5 Å². The monoisotopic (exact) mass is 329 g/mol. The van der Waals surface area contributed by atoms with Crippen molar-refractivity contribution in [2.45, 2.75) is 13.1 Å². The van der Waals surface area contributed by atoms with Crippen LogP contribution in [0, 0.1) is 0 Å². The molecule has 2 aromatic rings. The average molecular weight is 329 g/mol. The van der Waals surface area contributed by atoms with E-state index in [1.807, 2.05) is 6.07 Å². The summed E-state index contributed by atoms with van der Waals surface area (Å²) >= 11 is 0. The normalized spacial score (nSPS) is 16.3. The lowest BCUT2D eigenvalue weighted by atomic mass is 10.1. The van der Waals surface area contributed by atoms with Gasteiger partial charge in [0.25, 0.3) is 0 Å². The highest BCUT2D eigenvalue weighted by Crippen LogP contribution is 2.28. The van der Waals surface area contributed by atoms with E-state index in [-0.39, 0.29) is 0 Å². The first-order valence-electron chi connectivity index (χ1n) is 8.45. The highest BCUT2D eigenvalue weighted by Gasteiger charge is 2.18. The van der Waals surface area contributed by atoms with E-state index >= 15 is 0 Å². The van der Waals surface area contributed by atoms with Crippen LogP contribution < -0.4 is 9.47 Å². The summed E-state index contributed by atoms with van der Waals surface area (Å²) < 4.78 is 12.9. The second-order valence-corrected chi connectivity index (χ2v) is 6.35. The van der Waals surface area contributed by atoms with Crippen molar-refractivity contribution in [1.29, 1.82) is 0 Å². The summed E-state index contributed by atoms with van der Waals surface area (Å²) in [7, 11) is 5.47. The molecule has 0 radical (unpaired) electrons. The fourth-order valence-electron chi connectivity index (χ4n) is 3.23. The lowest BCUT2D eigenvalue weighted by molar-refractivity contribution is 0.120. The third-order valence-electron chi connectivity index (χ3n) is 4.76. The van der Waals surface area contributed by atoms with Crippen LogP contribution in [0.25, 0.3) is 0 Å². The Balaban J connectivity index is 1.53. The van der Waals surface area contributed by atoms with Gasteiger partial charge in [-0.2, -0.15) is 0 Å². The summed E-state index contributed by atoms with van der Waals surface area (Å²) in [4.78, 5) is 5.03. The van der Waals surface area contributed by atoms with Crippen molar-refractivity contribution in [2.75, 3.05) is 40.4 Å². The highest BCUT2D eigenvalue weighted by atomic mass is 16.5. The first kappa shape index (κ1) is 16.9. The van der Waals surface area contributed by atoms with Crippen LogP contribution in [0.1, 0.15) is 11.3 Å². The average Bonchev–Trinajstić information content (AvgIpc) is 3.01. The maximum absolute atomic E-state index is 5.40. The van der Waals surface area contributed by atoms with Gasteiger partial charge >= 0.3 is 0 Å². The number of benzene rings is 1. The molecule has 0 saturated carbocycles. The van der Waals surface area contributed by atoms with Crippen LogP contribution in [0.4, 0.5) is 0 Å². The molecule has 0 spiro atoms. The van der Waals surface area contributed by atoms with Crippen LogP contribution in [0.5, 0.6) is 11.5 Å². The van der Waals surface area contributed by atoms with E-state index in [9.17, 15) is 0 Å². The second-order valence-electron chi connectivity index (χ2n) is 6.35. The molecule has 2 heterocycles. The quantitative estimate of drug-likeness (QED) is 0.814. The molecule has 0 atom stereocenters. The summed E-state index contributed by atoms with van der Waals surface area (Å²) in [6.07, 6.45) is 2.11. The van der Waals surface area contributed by atoms with Crippen LogP contribution in [0.2, 0.25) is 0 Å². The summed E-state index contributed by atoms with van der Waals surface area (Å²) in [6, 6.07) is 10.5. The Morgan fingerprint density at radius 2 is 1.54 bits per heavy atom. The number of rotatable bonds is 6. The van der Waals surface area contributed by atoms with Gasteiger partial charge in [0.15, 0.2) is 11.5 Å². The molecule has 1 aromatic carbocycles. The Morgan fingerprint density at radius 1 is 0.875 bits per heavy atom. The summed E-state index contributed by atoms with van der Waals surface area (Å²) in [5, 5.41) is 0. The molecule has 0 amide bonds. The van der Waals surface area contributed by atoms with Crippen LogP contribution in [-0.2, 0) is 20.1 Å². The predicted octanol–water partition coefficient (Wildman–Crippen LogP) is 2.36. The number of nitrogens with zero attached hydrogens (tertiary/aromatic N) is 3. The number of ether oxygens (including phenoxy) is 2. The van der Waals surface area contributed by atoms with Crippen LogP contribution in [-0.4, -0.2) is 54.8 Å². The zero-order valence-corrected chi connectivity index (χ0v) is 14.9. The third kappa shape index (κ3) is 3.91. The summed E-state index contributed by atoms with van der Waals surface area (Å²) in [5.41, 5.74) is 2.65.